The molecule has 0 unspecified atom stereocenters. The number of pyridine rings is 1. The van der Waals surface area contributed by atoms with Gasteiger partial charge in [0.1, 0.15) is 5.82 Å². The molecule has 6 nitrogen and oxygen atoms in total. The third-order valence-corrected chi connectivity index (χ3v) is 4.63. The molecule has 0 saturated heterocycles. The SMILES string of the molecule is OCCCNc1cc(-c2nc(NC3CCCCC3)ncc2Cl)ccn1. The number of halogens is 1. The molecular weight excluding hydrogens is 338 g/mol. The molecule has 0 radical (unpaired) electrons. The van der Waals surface area contributed by atoms with Crippen LogP contribution in [0, 0.1) is 0 Å². The van der Waals surface area contributed by atoms with Crippen LogP contribution in [-0.2, 0) is 0 Å². The third kappa shape index (κ3) is 5.03. The van der Waals surface area contributed by atoms with Crippen LogP contribution < -0.4 is 10.6 Å². The van der Waals surface area contributed by atoms with Crippen LogP contribution in [0.2, 0.25) is 5.02 Å². The molecule has 25 heavy (non-hydrogen) atoms. The smallest absolute Gasteiger partial charge is 0.223 e. The first-order chi connectivity index (χ1) is 12.3. The van der Waals surface area contributed by atoms with Gasteiger partial charge in [0.25, 0.3) is 0 Å². The molecular formula is C18H24ClN5O. The highest BCUT2D eigenvalue weighted by Gasteiger charge is 2.15. The van der Waals surface area contributed by atoms with Crippen molar-refractivity contribution in [3.05, 3.63) is 29.5 Å². The maximum Gasteiger partial charge on any atom is 0.223 e. The van der Waals surface area contributed by atoms with Gasteiger partial charge in [-0.3, -0.25) is 0 Å². The maximum absolute atomic E-state index is 8.88. The van der Waals surface area contributed by atoms with Crippen molar-refractivity contribution in [1.82, 2.24) is 15.0 Å². The Morgan fingerprint density at radius 2 is 2.04 bits per heavy atom. The molecule has 2 aromatic heterocycles. The van der Waals surface area contributed by atoms with Crippen LogP contribution in [0.3, 0.4) is 0 Å². The van der Waals surface area contributed by atoms with E-state index in [0.717, 1.165) is 24.2 Å². The summed E-state index contributed by atoms with van der Waals surface area (Å²) in [5.74, 6) is 1.36. The average Bonchev–Trinajstić information content (AvgIpc) is 2.65. The number of nitrogens with zero attached hydrogens (tertiary/aromatic N) is 3. The summed E-state index contributed by atoms with van der Waals surface area (Å²) in [5.41, 5.74) is 1.59. The average molecular weight is 362 g/mol. The number of rotatable bonds is 7. The molecule has 7 heteroatoms. The fourth-order valence-electron chi connectivity index (χ4n) is 3.04. The molecule has 1 saturated carbocycles. The maximum atomic E-state index is 8.88. The fourth-order valence-corrected chi connectivity index (χ4v) is 3.24. The Morgan fingerprint density at radius 1 is 1.20 bits per heavy atom. The van der Waals surface area contributed by atoms with E-state index < -0.39 is 0 Å². The lowest BCUT2D eigenvalue weighted by molar-refractivity contribution is 0.292. The Bertz CT molecular complexity index is 691. The monoisotopic (exact) mass is 361 g/mol. The molecule has 3 N–H and O–H groups in total. The summed E-state index contributed by atoms with van der Waals surface area (Å²) >= 11 is 6.33. The summed E-state index contributed by atoms with van der Waals surface area (Å²) < 4.78 is 0. The second-order valence-corrected chi connectivity index (χ2v) is 6.71. The highest BCUT2D eigenvalue weighted by Crippen LogP contribution is 2.28. The van der Waals surface area contributed by atoms with E-state index in [1.807, 2.05) is 12.1 Å². The number of aromatic nitrogens is 3. The van der Waals surface area contributed by atoms with Gasteiger partial charge in [-0.2, -0.15) is 0 Å². The zero-order valence-electron chi connectivity index (χ0n) is 14.2. The van der Waals surface area contributed by atoms with Gasteiger partial charge in [0.15, 0.2) is 0 Å². The summed E-state index contributed by atoms with van der Waals surface area (Å²) in [4.78, 5) is 13.2. The van der Waals surface area contributed by atoms with Gasteiger partial charge in [-0.15, -0.1) is 0 Å². The van der Waals surface area contributed by atoms with Crippen LogP contribution in [0.15, 0.2) is 24.5 Å². The lowest BCUT2D eigenvalue weighted by Gasteiger charge is -2.22. The van der Waals surface area contributed by atoms with Gasteiger partial charge in [-0.1, -0.05) is 30.9 Å². The van der Waals surface area contributed by atoms with Crippen molar-refractivity contribution in [2.75, 3.05) is 23.8 Å². The van der Waals surface area contributed by atoms with Gasteiger partial charge in [-0.05, 0) is 31.4 Å². The molecule has 0 bridgehead atoms. The molecule has 0 amide bonds. The van der Waals surface area contributed by atoms with Gasteiger partial charge >= 0.3 is 0 Å². The van der Waals surface area contributed by atoms with Crippen molar-refractivity contribution in [1.29, 1.82) is 0 Å². The van der Waals surface area contributed by atoms with Crippen molar-refractivity contribution >= 4 is 23.4 Å². The van der Waals surface area contributed by atoms with Crippen molar-refractivity contribution in [2.45, 2.75) is 44.6 Å². The van der Waals surface area contributed by atoms with Crippen LogP contribution in [-0.4, -0.2) is 39.3 Å². The molecule has 1 aliphatic carbocycles. The minimum Gasteiger partial charge on any atom is -0.396 e. The quantitative estimate of drug-likeness (QED) is 0.652. The lowest BCUT2D eigenvalue weighted by atomic mass is 9.96. The van der Waals surface area contributed by atoms with Crippen LogP contribution in [0.1, 0.15) is 38.5 Å². The first kappa shape index (κ1) is 17.9. The molecule has 2 heterocycles. The topological polar surface area (TPSA) is 83.0 Å². The Balaban J connectivity index is 1.76. The lowest BCUT2D eigenvalue weighted by Crippen LogP contribution is -2.23. The fraction of sp³-hybridized carbons (Fsp3) is 0.500. The van der Waals surface area contributed by atoms with Crippen molar-refractivity contribution < 1.29 is 5.11 Å². The van der Waals surface area contributed by atoms with Crippen LogP contribution >= 0.6 is 11.6 Å². The van der Waals surface area contributed by atoms with Crippen LogP contribution in [0.25, 0.3) is 11.3 Å². The summed E-state index contributed by atoms with van der Waals surface area (Å²) in [6.45, 7) is 0.819. The number of aliphatic hydroxyl groups excluding tert-OH is 1. The van der Waals surface area contributed by atoms with E-state index in [-0.39, 0.29) is 6.61 Å². The molecule has 134 valence electrons. The molecule has 1 fully saturated rings. The van der Waals surface area contributed by atoms with Crippen molar-refractivity contribution in [3.63, 3.8) is 0 Å². The van der Waals surface area contributed by atoms with Gasteiger partial charge in [-0.25, -0.2) is 15.0 Å². The van der Waals surface area contributed by atoms with E-state index in [0.29, 0.717) is 35.7 Å². The Morgan fingerprint density at radius 3 is 2.84 bits per heavy atom. The van der Waals surface area contributed by atoms with E-state index in [4.69, 9.17) is 16.7 Å². The first-order valence-corrected chi connectivity index (χ1v) is 9.24. The van der Waals surface area contributed by atoms with Crippen LogP contribution in [0.5, 0.6) is 0 Å². The van der Waals surface area contributed by atoms with E-state index in [9.17, 15) is 0 Å². The number of anilines is 2. The zero-order valence-corrected chi connectivity index (χ0v) is 15.0. The van der Waals surface area contributed by atoms with E-state index in [2.05, 4.69) is 25.6 Å². The van der Waals surface area contributed by atoms with E-state index >= 15 is 0 Å². The Kier molecular flexibility index (Phi) is 6.42. The standard InChI is InChI=1S/C18H24ClN5O/c19-15-12-22-18(23-14-5-2-1-3-6-14)24-17(15)13-7-9-21-16(11-13)20-8-4-10-25/h7,9,11-12,14,25H,1-6,8,10H2,(H,20,21)(H,22,23,24). The number of aliphatic hydroxyl groups is 1. The predicted molar refractivity (Wildman–Crippen MR) is 101 cm³/mol. The molecule has 0 atom stereocenters. The summed E-state index contributed by atoms with van der Waals surface area (Å²) in [6, 6.07) is 4.24. The minimum atomic E-state index is 0.153. The van der Waals surface area contributed by atoms with Gasteiger partial charge < -0.3 is 15.7 Å². The van der Waals surface area contributed by atoms with Gasteiger partial charge in [0.2, 0.25) is 5.95 Å². The highest BCUT2D eigenvalue weighted by molar-refractivity contribution is 6.32. The second kappa shape index (κ2) is 8.97. The first-order valence-electron chi connectivity index (χ1n) is 8.86. The summed E-state index contributed by atoms with van der Waals surface area (Å²) in [6.07, 6.45) is 10.2. The van der Waals surface area contributed by atoms with Crippen molar-refractivity contribution in [2.24, 2.45) is 0 Å². The normalized spacial score (nSPS) is 15.1. The van der Waals surface area contributed by atoms with Crippen molar-refractivity contribution in [3.8, 4) is 11.3 Å². The van der Waals surface area contributed by atoms with Crippen LogP contribution in [0.4, 0.5) is 11.8 Å². The molecule has 0 spiro atoms. The highest BCUT2D eigenvalue weighted by atomic mass is 35.5. The Hall–Kier alpha value is -1.92. The van der Waals surface area contributed by atoms with E-state index in [1.165, 1.54) is 19.3 Å². The second-order valence-electron chi connectivity index (χ2n) is 6.30. The van der Waals surface area contributed by atoms with Gasteiger partial charge in [0.05, 0.1) is 16.9 Å². The number of hydrogen-bond acceptors (Lipinski definition) is 6. The van der Waals surface area contributed by atoms with E-state index in [1.54, 1.807) is 12.4 Å². The molecule has 0 aliphatic heterocycles. The third-order valence-electron chi connectivity index (χ3n) is 4.36. The van der Waals surface area contributed by atoms with Gasteiger partial charge in [0, 0.05) is 31.0 Å². The molecule has 0 aromatic carbocycles. The summed E-state index contributed by atoms with van der Waals surface area (Å²) in [7, 11) is 0. The number of nitrogens with one attached hydrogen (secondary N) is 2. The molecule has 2 aromatic rings. The molecule has 3 rings (SSSR count). The predicted octanol–water partition coefficient (Wildman–Crippen LogP) is 3.73. The summed E-state index contributed by atoms with van der Waals surface area (Å²) in [5, 5.41) is 16.0. The zero-order chi connectivity index (χ0) is 17.5. The largest absolute Gasteiger partial charge is 0.396 e. The Labute approximate surface area is 153 Å². The minimum absolute atomic E-state index is 0.153. The molecule has 1 aliphatic rings. The number of hydrogen-bond donors (Lipinski definition) is 3.